The summed E-state index contributed by atoms with van der Waals surface area (Å²) in [7, 11) is 1.49. The number of aryl methyl sites for hydroxylation is 3. The van der Waals surface area contributed by atoms with Crippen LogP contribution in [0, 0.1) is 32.1 Å². The molecule has 0 saturated carbocycles. The molecule has 0 saturated heterocycles. The van der Waals surface area contributed by atoms with Crippen molar-refractivity contribution < 1.29 is 9.53 Å². The second-order valence-corrected chi connectivity index (χ2v) is 5.35. The molecule has 2 heterocycles. The molecule has 0 unspecified atom stereocenters. The van der Waals surface area contributed by atoms with Gasteiger partial charge in [-0.05, 0) is 32.9 Å². The predicted octanol–water partition coefficient (Wildman–Crippen LogP) is 1.33. The highest BCUT2D eigenvalue weighted by Gasteiger charge is 2.17. The molecule has 0 aromatic carbocycles. The van der Waals surface area contributed by atoms with Crippen molar-refractivity contribution >= 4 is 5.91 Å². The van der Waals surface area contributed by atoms with Gasteiger partial charge in [0.1, 0.15) is 18.2 Å². The third kappa shape index (κ3) is 3.22. The highest BCUT2D eigenvalue weighted by molar-refractivity contribution is 5.78. The summed E-state index contributed by atoms with van der Waals surface area (Å²) in [4.78, 5) is 24.9. The van der Waals surface area contributed by atoms with Crippen LogP contribution in [0.15, 0.2) is 16.9 Å². The van der Waals surface area contributed by atoms with E-state index in [-0.39, 0.29) is 24.6 Å². The smallest absolute Gasteiger partial charge is 0.269 e. The number of carbonyl (C=O) groups is 1. The Hall–Kier alpha value is -2.72. The Balaban J connectivity index is 2.45. The number of ether oxygens (including phenoxy) is 1. The van der Waals surface area contributed by atoms with E-state index in [0.29, 0.717) is 17.0 Å². The van der Waals surface area contributed by atoms with Gasteiger partial charge in [-0.15, -0.1) is 0 Å². The molecular formula is C16H18N4O3. The number of hydrogen-bond donors (Lipinski definition) is 0. The van der Waals surface area contributed by atoms with E-state index < -0.39 is 5.56 Å². The van der Waals surface area contributed by atoms with Crippen LogP contribution in [0.4, 0.5) is 0 Å². The maximum absolute atomic E-state index is 12.5. The van der Waals surface area contributed by atoms with E-state index in [2.05, 4.69) is 5.10 Å². The molecule has 0 aliphatic heterocycles. The number of rotatable bonds is 4. The second kappa shape index (κ2) is 6.58. The van der Waals surface area contributed by atoms with Crippen LogP contribution in [-0.4, -0.2) is 27.4 Å². The molecule has 0 bridgehead atoms. The van der Waals surface area contributed by atoms with E-state index in [1.54, 1.807) is 32.9 Å². The van der Waals surface area contributed by atoms with Gasteiger partial charge in [-0.3, -0.25) is 9.59 Å². The first-order chi connectivity index (χ1) is 10.9. The van der Waals surface area contributed by atoms with Crippen molar-refractivity contribution in [3.05, 3.63) is 50.7 Å². The molecule has 2 aromatic rings. The largest absolute Gasteiger partial charge is 0.380 e. The van der Waals surface area contributed by atoms with Crippen LogP contribution in [0.1, 0.15) is 33.0 Å². The third-order valence-electron chi connectivity index (χ3n) is 3.54. The quantitative estimate of drug-likeness (QED) is 0.849. The SMILES string of the molecule is COCc1cc(C)n(CC(=O)n2nc(C)cc2C)c(=O)c1C#N. The zero-order valence-corrected chi connectivity index (χ0v) is 13.6. The van der Waals surface area contributed by atoms with Gasteiger partial charge in [0.15, 0.2) is 0 Å². The molecule has 0 atom stereocenters. The average molecular weight is 314 g/mol. The summed E-state index contributed by atoms with van der Waals surface area (Å²) in [5, 5.41) is 13.3. The van der Waals surface area contributed by atoms with Gasteiger partial charge in [-0.2, -0.15) is 10.4 Å². The van der Waals surface area contributed by atoms with Crippen molar-refractivity contribution in [1.82, 2.24) is 14.3 Å². The maximum atomic E-state index is 12.5. The van der Waals surface area contributed by atoms with Crippen LogP contribution in [0.5, 0.6) is 0 Å². The van der Waals surface area contributed by atoms with Gasteiger partial charge in [0.05, 0.1) is 12.3 Å². The molecule has 120 valence electrons. The molecule has 0 aliphatic carbocycles. The molecule has 0 N–H and O–H groups in total. The molecular weight excluding hydrogens is 296 g/mol. The molecule has 2 aromatic heterocycles. The van der Waals surface area contributed by atoms with E-state index in [9.17, 15) is 14.9 Å². The van der Waals surface area contributed by atoms with Crippen molar-refractivity contribution in [2.45, 2.75) is 33.9 Å². The van der Waals surface area contributed by atoms with E-state index in [1.807, 2.05) is 6.07 Å². The first-order valence-electron chi connectivity index (χ1n) is 7.07. The van der Waals surface area contributed by atoms with Gasteiger partial charge in [-0.25, -0.2) is 4.68 Å². The minimum atomic E-state index is -0.491. The number of nitrogens with zero attached hydrogens (tertiary/aromatic N) is 4. The summed E-state index contributed by atoms with van der Waals surface area (Å²) in [6.45, 7) is 5.29. The Bertz CT molecular complexity index is 855. The first kappa shape index (κ1) is 16.6. The molecule has 0 aliphatic rings. The third-order valence-corrected chi connectivity index (χ3v) is 3.54. The summed E-state index contributed by atoms with van der Waals surface area (Å²) in [5.74, 6) is -0.329. The summed E-state index contributed by atoms with van der Waals surface area (Å²) in [5.41, 5.74) is 2.05. The molecule has 0 amide bonds. The highest BCUT2D eigenvalue weighted by atomic mass is 16.5. The number of hydrogen-bond acceptors (Lipinski definition) is 5. The summed E-state index contributed by atoms with van der Waals surface area (Å²) in [6.07, 6.45) is 0. The molecule has 0 fully saturated rings. The van der Waals surface area contributed by atoms with Gasteiger partial charge in [0.25, 0.3) is 11.5 Å². The number of pyridine rings is 1. The standard InChI is InChI=1S/C16H18N4O3/c1-10-5-12(3)20(18-10)15(21)8-19-11(2)6-13(9-23-4)14(7-17)16(19)22/h5-6H,8-9H2,1-4H3. The second-order valence-electron chi connectivity index (χ2n) is 5.35. The van der Waals surface area contributed by atoms with Crippen molar-refractivity contribution in [2.24, 2.45) is 0 Å². The Labute approximate surface area is 133 Å². The number of methoxy groups -OCH3 is 1. The van der Waals surface area contributed by atoms with Gasteiger partial charge in [-0.1, -0.05) is 0 Å². The molecule has 23 heavy (non-hydrogen) atoms. The van der Waals surface area contributed by atoms with E-state index in [1.165, 1.54) is 16.4 Å². The Morgan fingerprint density at radius 3 is 2.52 bits per heavy atom. The Morgan fingerprint density at radius 1 is 1.30 bits per heavy atom. The van der Waals surface area contributed by atoms with Gasteiger partial charge >= 0.3 is 0 Å². The fourth-order valence-electron chi connectivity index (χ4n) is 2.50. The van der Waals surface area contributed by atoms with Crippen molar-refractivity contribution in [1.29, 1.82) is 5.26 Å². The number of nitriles is 1. The zero-order chi connectivity index (χ0) is 17.1. The first-order valence-corrected chi connectivity index (χ1v) is 7.07. The van der Waals surface area contributed by atoms with E-state index in [4.69, 9.17) is 4.74 Å². The van der Waals surface area contributed by atoms with Crippen molar-refractivity contribution in [2.75, 3.05) is 7.11 Å². The lowest BCUT2D eigenvalue weighted by molar-refractivity contribution is 0.0870. The normalized spacial score (nSPS) is 10.6. The summed E-state index contributed by atoms with van der Waals surface area (Å²) >= 11 is 0. The summed E-state index contributed by atoms with van der Waals surface area (Å²) in [6, 6.07) is 5.38. The van der Waals surface area contributed by atoms with Crippen LogP contribution >= 0.6 is 0 Å². The average Bonchev–Trinajstić information content (AvgIpc) is 2.82. The highest BCUT2D eigenvalue weighted by Crippen LogP contribution is 2.09. The lowest BCUT2D eigenvalue weighted by Crippen LogP contribution is -2.32. The zero-order valence-electron chi connectivity index (χ0n) is 13.6. The summed E-state index contributed by atoms with van der Waals surface area (Å²) < 4.78 is 7.57. The van der Waals surface area contributed by atoms with Crippen molar-refractivity contribution in [3.8, 4) is 6.07 Å². The monoisotopic (exact) mass is 314 g/mol. The fourth-order valence-corrected chi connectivity index (χ4v) is 2.50. The molecule has 0 radical (unpaired) electrons. The minimum Gasteiger partial charge on any atom is -0.380 e. The van der Waals surface area contributed by atoms with Crippen LogP contribution in [-0.2, 0) is 17.9 Å². The van der Waals surface area contributed by atoms with Crippen LogP contribution in [0.25, 0.3) is 0 Å². The lowest BCUT2D eigenvalue weighted by Gasteiger charge is -2.13. The van der Waals surface area contributed by atoms with Gasteiger partial charge < -0.3 is 9.30 Å². The Kier molecular flexibility index (Phi) is 4.77. The number of carbonyl (C=O) groups excluding carboxylic acids is 1. The van der Waals surface area contributed by atoms with Crippen molar-refractivity contribution in [3.63, 3.8) is 0 Å². The maximum Gasteiger partial charge on any atom is 0.269 e. The molecule has 2 rings (SSSR count). The van der Waals surface area contributed by atoms with Gasteiger partial charge in [0, 0.05) is 24.1 Å². The minimum absolute atomic E-state index is 0.00128. The predicted molar refractivity (Wildman–Crippen MR) is 83.2 cm³/mol. The Morgan fingerprint density at radius 2 is 2.00 bits per heavy atom. The molecule has 7 nitrogen and oxygen atoms in total. The van der Waals surface area contributed by atoms with Crippen LogP contribution in [0.2, 0.25) is 0 Å². The lowest BCUT2D eigenvalue weighted by atomic mass is 10.1. The molecule has 7 heteroatoms. The van der Waals surface area contributed by atoms with E-state index >= 15 is 0 Å². The van der Waals surface area contributed by atoms with Crippen LogP contribution < -0.4 is 5.56 Å². The topological polar surface area (TPSA) is 89.9 Å². The van der Waals surface area contributed by atoms with Crippen LogP contribution in [0.3, 0.4) is 0 Å². The van der Waals surface area contributed by atoms with Gasteiger partial charge in [0.2, 0.25) is 0 Å². The fraction of sp³-hybridized carbons (Fsp3) is 0.375. The molecule has 0 spiro atoms. The number of aromatic nitrogens is 3. The van der Waals surface area contributed by atoms with E-state index in [0.717, 1.165) is 5.69 Å².